The lowest BCUT2D eigenvalue weighted by Gasteiger charge is -2.19. The Morgan fingerprint density at radius 2 is 1.71 bits per heavy atom. The van der Waals surface area contributed by atoms with Gasteiger partial charge < -0.3 is 10.6 Å². The lowest BCUT2D eigenvalue weighted by atomic mass is 9.96. The molecule has 0 aliphatic rings. The molecule has 0 bridgehead atoms. The van der Waals surface area contributed by atoms with Crippen molar-refractivity contribution in [3.8, 4) is 0 Å². The molecular weight excluding hydrogens is 280 g/mol. The van der Waals surface area contributed by atoms with Gasteiger partial charge in [0.15, 0.2) is 0 Å². The Balaban J connectivity index is 2.61. The monoisotopic (exact) mass is 310 g/mol. The molecule has 4 nitrogen and oxygen atoms in total. The van der Waals surface area contributed by atoms with E-state index in [1.165, 1.54) is 25.0 Å². The molecule has 1 heterocycles. The third-order valence-corrected chi connectivity index (χ3v) is 3.78. The van der Waals surface area contributed by atoms with E-state index in [-0.39, 0.29) is 5.41 Å². The second-order valence-corrected chi connectivity index (χ2v) is 7.21. The van der Waals surface area contributed by atoms with Crippen LogP contribution in [0.25, 0.3) is 0 Å². The van der Waals surface area contributed by atoms with Gasteiger partial charge in [0.1, 0.15) is 17.5 Å². The van der Waals surface area contributed by atoms with Crippen LogP contribution in [0.15, 0.2) is 6.07 Å². The number of aromatic nitrogens is 2. The number of hydrogen-bond donors (Lipinski definition) is 2. The summed E-state index contributed by atoms with van der Waals surface area (Å²) in [4.78, 5) is 9.25. The maximum atomic E-state index is 4.65. The van der Waals surface area contributed by atoms with Crippen molar-refractivity contribution in [2.24, 2.45) is 0 Å². The molecule has 0 aliphatic heterocycles. The van der Waals surface area contributed by atoms with Gasteiger partial charge in [-0.15, -0.1) is 0 Å². The van der Waals surface area contributed by atoms with Crippen LogP contribution in [0.2, 0.25) is 0 Å². The van der Waals surface area contributed by atoms with Crippen LogP contribution in [0.4, 0.5) is 11.6 Å². The van der Waals surface area contributed by atoms with Crippen molar-refractivity contribution in [2.75, 3.05) is 35.7 Å². The van der Waals surface area contributed by atoms with E-state index in [4.69, 9.17) is 0 Å². The molecule has 1 aromatic rings. The van der Waals surface area contributed by atoms with Gasteiger partial charge in [-0.25, -0.2) is 9.97 Å². The number of anilines is 2. The van der Waals surface area contributed by atoms with Crippen LogP contribution in [-0.2, 0) is 5.41 Å². The maximum absolute atomic E-state index is 4.65. The first-order valence-electron chi connectivity index (χ1n) is 7.83. The quantitative estimate of drug-likeness (QED) is 0.671. The zero-order valence-electron chi connectivity index (χ0n) is 14.1. The summed E-state index contributed by atoms with van der Waals surface area (Å²) in [5.41, 5.74) is -0.0415. The summed E-state index contributed by atoms with van der Waals surface area (Å²) >= 11 is 1.92. The summed E-state index contributed by atoms with van der Waals surface area (Å²) in [5, 5.41) is 6.72. The second-order valence-electron chi connectivity index (χ2n) is 6.22. The first kappa shape index (κ1) is 18.1. The minimum absolute atomic E-state index is 0.0415. The van der Waals surface area contributed by atoms with Gasteiger partial charge in [-0.2, -0.15) is 11.8 Å². The van der Waals surface area contributed by atoms with Gasteiger partial charge in [-0.3, -0.25) is 0 Å². The van der Waals surface area contributed by atoms with Crippen LogP contribution < -0.4 is 10.6 Å². The maximum Gasteiger partial charge on any atom is 0.138 e. The number of nitrogens with zero attached hydrogens (tertiary/aromatic N) is 2. The predicted octanol–water partition coefficient (Wildman–Crippen LogP) is 4.15. The van der Waals surface area contributed by atoms with Gasteiger partial charge >= 0.3 is 0 Å². The molecular formula is C16H30N4S. The SMILES string of the molecule is CCNc1cc(NCCCCCSC)nc(C(C)(C)C)n1. The van der Waals surface area contributed by atoms with Crippen LogP contribution >= 0.6 is 11.8 Å². The van der Waals surface area contributed by atoms with Crippen LogP contribution in [0.5, 0.6) is 0 Å². The molecule has 0 aliphatic carbocycles. The Hall–Kier alpha value is -0.970. The summed E-state index contributed by atoms with van der Waals surface area (Å²) in [6, 6.07) is 2.00. The number of rotatable bonds is 9. The van der Waals surface area contributed by atoms with Gasteiger partial charge in [-0.05, 0) is 31.8 Å². The number of thioether (sulfide) groups is 1. The minimum atomic E-state index is -0.0415. The molecule has 1 aromatic heterocycles. The van der Waals surface area contributed by atoms with E-state index in [0.29, 0.717) is 0 Å². The van der Waals surface area contributed by atoms with E-state index in [0.717, 1.165) is 30.5 Å². The van der Waals surface area contributed by atoms with Crippen LogP contribution in [0, 0.1) is 0 Å². The molecule has 120 valence electrons. The summed E-state index contributed by atoms with van der Waals surface area (Å²) < 4.78 is 0. The van der Waals surface area contributed by atoms with E-state index in [9.17, 15) is 0 Å². The zero-order valence-corrected chi connectivity index (χ0v) is 14.9. The van der Waals surface area contributed by atoms with Gasteiger partial charge in [-0.1, -0.05) is 27.2 Å². The van der Waals surface area contributed by atoms with E-state index < -0.39 is 0 Å². The highest BCUT2D eigenvalue weighted by Gasteiger charge is 2.19. The smallest absolute Gasteiger partial charge is 0.138 e. The van der Waals surface area contributed by atoms with Crippen molar-refractivity contribution >= 4 is 23.4 Å². The molecule has 0 aromatic carbocycles. The molecule has 0 saturated carbocycles. The lowest BCUT2D eigenvalue weighted by molar-refractivity contribution is 0.546. The highest BCUT2D eigenvalue weighted by molar-refractivity contribution is 7.98. The molecule has 0 atom stereocenters. The molecule has 5 heteroatoms. The Morgan fingerprint density at radius 3 is 2.29 bits per heavy atom. The van der Waals surface area contributed by atoms with Gasteiger partial charge in [0.2, 0.25) is 0 Å². The van der Waals surface area contributed by atoms with Crippen molar-refractivity contribution in [1.82, 2.24) is 9.97 Å². The van der Waals surface area contributed by atoms with Crippen molar-refractivity contribution < 1.29 is 0 Å². The van der Waals surface area contributed by atoms with Crippen LogP contribution in [-0.4, -0.2) is 35.1 Å². The van der Waals surface area contributed by atoms with Crippen molar-refractivity contribution in [3.63, 3.8) is 0 Å². The normalized spacial score (nSPS) is 11.5. The number of unbranched alkanes of at least 4 members (excludes halogenated alkanes) is 2. The topological polar surface area (TPSA) is 49.8 Å². The molecule has 0 fully saturated rings. The third kappa shape index (κ3) is 7.02. The summed E-state index contributed by atoms with van der Waals surface area (Å²) in [6.45, 7) is 10.4. The van der Waals surface area contributed by atoms with Gasteiger partial charge in [0, 0.05) is 24.6 Å². The van der Waals surface area contributed by atoms with Crippen LogP contribution in [0.1, 0.15) is 52.8 Å². The molecule has 2 N–H and O–H groups in total. The van der Waals surface area contributed by atoms with Crippen LogP contribution in [0.3, 0.4) is 0 Å². The lowest BCUT2D eigenvalue weighted by Crippen LogP contribution is -2.19. The largest absolute Gasteiger partial charge is 0.370 e. The van der Waals surface area contributed by atoms with E-state index in [1.54, 1.807) is 0 Å². The standard InChI is InChI=1S/C16H30N4S/c1-6-17-13-12-14(18-10-8-7-9-11-21-5)20-15(19-13)16(2,3)4/h12H,6-11H2,1-5H3,(H2,17,18,19,20). The summed E-state index contributed by atoms with van der Waals surface area (Å²) in [7, 11) is 0. The first-order valence-corrected chi connectivity index (χ1v) is 9.23. The first-order chi connectivity index (χ1) is 9.97. The van der Waals surface area contributed by atoms with Crippen molar-refractivity contribution in [1.29, 1.82) is 0 Å². The third-order valence-electron chi connectivity index (χ3n) is 3.09. The molecule has 0 radical (unpaired) electrons. The Morgan fingerprint density at radius 1 is 1.05 bits per heavy atom. The molecule has 21 heavy (non-hydrogen) atoms. The molecule has 0 amide bonds. The summed E-state index contributed by atoms with van der Waals surface area (Å²) in [6.07, 6.45) is 5.91. The average molecular weight is 311 g/mol. The fourth-order valence-electron chi connectivity index (χ4n) is 1.91. The second kappa shape index (κ2) is 9.13. The highest BCUT2D eigenvalue weighted by Crippen LogP contribution is 2.22. The minimum Gasteiger partial charge on any atom is -0.370 e. The van der Waals surface area contributed by atoms with Crippen molar-refractivity contribution in [2.45, 2.75) is 52.4 Å². The zero-order chi connectivity index (χ0) is 15.7. The van der Waals surface area contributed by atoms with E-state index in [2.05, 4.69) is 54.6 Å². The van der Waals surface area contributed by atoms with Gasteiger partial charge in [0.05, 0.1) is 0 Å². The number of nitrogens with one attached hydrogen (secondary N) is 2. The fraction of sp³-hybridized carbons (Fsp3) is 0.750. The number of hydrogen-bond acceptors (Lipinski definition) is 5. The predicted molar refractivity (Wildman–Crippen MR) is 95.6 cm³/mol. The summed E-state index contributed by atoms with van der Waals surface area (Å²) in [5.74, 6) is 3.97. The molecule has 1 rings (SSSR count). The highest BCUT2D eigenvalue weighted by atomic mass is 32.2. The van der Waals surface area contributed by atoms with E-state index >= 15 is 0 Å². The van der Waals surface area contributed by atoms with Gasteiger partial charge in [0.25, 0.3) is 0 Å². The van der Waals surface area contributed by atoms with Crippen molar-refractivity contribution in [3.05, 3.63) is 11.9 Å². The Labute approximate surface area is 133 Å². The fourth-order valence-corrected chi connectivity index (χ4v) is 2.40. The van der Waals surface area contributed by atoms with E-state index in [1.807, 2.05) is 17.8 Å². The molecule has 0 unspecified atom stereocenters. The molecule has 0 spiro atoms. The Bertz CT molecular complexity index is 415. The molecule has 0 saturated heterocycles. The Kier molecular flexibility index (Phi) is 7.86. The average Bonchev–Trinajstić information content (AvgIpc) is 2.42.